The molecule has 0 amide bonds. The molecule has 0 spiro atoms. The Labute approximate surface area is 237 Å². The lowest BCUT2D eigenvalue weighted by molar-refractivity contribution is -0.385. The van der Waals surface area contributed by atoms with Crippen LogP contribution in [0.2, 0.25) is 0 Å². The Hall–Kier alpha value is -4.12. The largest absolute Gasteiger partial charge is 0.361 e. The van der Waals surface area contributed by atoms with Crippen molar-refractivity contribution in [3.63, 3.8) is 0 Å². The van der Waals surface area contributed by atoms with Crippen LogP contribution in [0.25, 0.3) is 11.0 Å². The van der Waals surface area contributed by atoms with E-state index in [-0.39, 0.29) is 12.6 Å². The Morgan fingerprint density at radius 3 is 2.15 bits per heavy atom. The van der Waals surface area contributed by atoms with Gasteiger partial charge in [-0.2, -0.15) is 0 Å². The van der Waals surface area contributed by atoms with Gasteiger partial charge in [0.05, 0.1) is 29.7 Å². The topological polar surface area (TPSA) is 103 Å². The van der Waals surface area contributed by atoms with E-state index >= 15 is 0 Å². The third kappa shape index (κ3) is 5.58. The molecule has 10 nitrogen and oxygen atoms in total. The molecule has 2 fully saturated rings. The van der Waals surface area contributed by atoms with Crippen LogP contribution in [-0.2, 0) is 16.0 Å². The lowest BCUT2D eigenvalue weighted by Crippen LogP contribution is -2.48. The van der Waals surface area contributed by atoms with Gasteiger partial charge in [0.15, 0.2) is 6.29 Å². The number of anilines is 1. The van der Waals surface area contributed by atoms with Crippen LogP contribution in [0.15, 0.2) is 83.8 Å². The maximum atomic E-state index is 13.7. The Morgan fingerprint density at radius 2 is 1.54 bits per heavy atom. The van der Waals surface area contributed by atoms with Gasteiger partial charge in [-0.25, -0.2) is 0 Å². The molecule has 0 saturated carbocycles. The smallest absolute Gasteiger partial charge is 0.359 e. The number of fused-ring (bicyclic) bond motifs is 1. The van der Waals surface area contributed by atoms with Crippen LogP contribution in [0, 0.1) is 10.1 Å². The van der Waals surface area contributed by atoms with E-state index < -0.39 is 22.5 Å². The molecule has 212 valence electrons. The van der Waals surface area contributed by atoms with Gasteiger partial charge in [0, 0.05) is 45.3 Å². The summed E-state index contributed by atoms with van der Waals surface area (Å²) in [4.78, 5) is 34.4. The summed E-state index contributed by atoms with van der Waals surface area (Å²) in [5.74, 6) is 0. The van der Waals surface area contributed by atoms with E-state index in [4.69, 9.17) is 9.47 Å². The highest BCUT2D eigenvalue weighted by Crippen LogP contribution is 2.35. The molecule has 0 bridgehead atoms. The van der Waals surface area contributed by atoms with Crippen LogP contribution in [0.5, 0.6) is 0 Å². The predicted octanol–water partition coefficient (Wildman–Crippen LogP) is 4.37. The Balaban J connectivity index is 1.32. The van der Waals surface area contributed by atoms with Crippen molar-refractivity contribution < 1.29 is 14.4 Å². The van der Waals surface area contributed by atoms with Crippen LogP contribution in [0.3, 0.4) is 0 Å². The van der Waals surface area contributed by atoms with E-state index in [2.05, 4.69) is 34.1 Å². The highest BCUT2D eigenvalue weighted by Gasteiger charge is 2.34. The zero-order valence-electron chi connectivity index (χ0n) is 22.8. The van der Waals surface area contributed by atoms with Gasteiger partial charge in [-0.1, -0.05) is 60.7 Å². The normalized spacial score (nSPS) is 16.9. The summed E-state index contributed by atoms with van der Waals surface area (Å²) in [7, 11) is 0. The zero-order chi connectivity index (χ0) is 28.2. The van der Waals surface area contributed by atoms with Gasteiger partial charge < -0.3 is 18.9 Å². The molecule has 0 N–H and O–H groups in total. The lowest BCUT2D eigenvalue weighted by atomic mass is 9.96. The summed E-state index contributed by atoms with van der Waals surface area (Å²) in [6, 6.07) is 24.4. The standard InChI is InChI=1S/C31H33N5O5/c37-31-30(36(38)39)29(27-25(13-7-15-32-27)35(31)16-14-26-40-21-8-22-41-26)34-19-17-33(18-20-34)28(23-9-3-1-4-10-23)24-11-5-2-6-12-24/h1-7,9-13,15,26,28H,8,14,16-22H2. The van der Waals surface area contributed by atoms with Crippen molar-refractivity contribution in [1.29, 1.82) is 0 Å². The molecular formula is C31H33N5O5. The van der Waals surface area contributed by atoms with E-state index in [0.717, 1.165) is 6.42 Å². The first kappa shape index (κ1) is 27.1. The van der Waals surface area contributed by atoms with Crippen LogP contribution in [-0.4, -0.2) is 65.1 Å². The molecule has 2 aromatic heterocycles. The number of nitro groups is 1. The summed E-state index contributed by atoms with van der Waals surface area (Å²) in [5.41, 5.74) is 2.65. The molecule has 4 heterocycles. The van der Waals surface area contributed by atoms with Crippen molar-refractivity contribution in [2.24, 2.45) is 0 Å². The number of nitrogens with zero attached hydrogens (tertiary/aromatic N) is 5. The van der Waals surface area contributed by atoms with Gasteiger partial charge in [-0.05, 0) is 29.7 Å². The minimum Gasteiger partial charge on any atom is -0.361 e. The summed E-state index contributed by atoms with van der Waals surface area (Å²) >= 11 is 0. The first-order valence-corrected chi connectivity index (χ1v) is 14.1. The summed E-state index contributed by atoms with van der Waals surface area (Å²) in [6.45, 7) is 3.81. The van der Waals surface area contributed by atoms with Crippen LogP contribution in [0.1, 0.15) is 30.0 Å². The van der Waals surface area contributed by atoms with Crippen LogP contribution in [0.4, 0.5) is 11.4 Å². The minimum absolute atomic E-state index is 0.0571. The third-order valence-electron chi connectivity index (χ3n) is 7.87. The summed E-state index contributed by atoms with van der Waals surface area (Å²) in [6.07, 6.45) is 2.43. The number of aromatic nitrogens is 2. The van der Waals surface area contributed by atoms with Crippen molar-refractivity contribution in [2.45, 2.75) is 31.7 Å². The Bertz CT molecular complexity index is 1510. The molecule has 10 heteroatoms. The van der Waals surface area contributed by atoms with E-state index in [1.807, 2.05) is 41.3 Å². The van der Waals surface area contributed by atoms with Gasteiger partial charge in [-0.3, -0.25) is 24.8 Å². The molecule has 0 aliphatic carbocycles. The van der Waals surface area contributed by atoms with E-state index in [1.165, 1.54) is 15.7 Å². The molecule has 2 aromatic carbocycles. The zero-order valence-corrected chi connectivity index (χ0v) is 22.8. The molecule has 2 aliphatic heterocycles. The summed E-state index contributed by atoms with van der Waals surface area (Å²) < 4.78 is 12.7. The maximum Gasteiger partial charge on any atom is 0.359 e. The average molecular weight is 556 g/mol. The number of pyridine rings is 2. The number of hydrogen-bond acceptors (Lipinski definition) is 8. The first-order chi connectivity index (χ1) is 20.1. The summed E-state index contributed by atoms with van der Waals surface area (Å²) in [5, 5.41) is 12.4. The first-order valence-electron chi connectivity index (χ1n) is 14.1. The second-order valence-electron chi connectivity index (χ2n) is 10.3. The maximum absolute atomic E-state index is 13.7. The van der Waals surface area contributed by atoms with Gasteiger partial charge >= 0.3 is 11.2 Å². The van der Waals surface area contributed by atoms with Crippen molar-refractivity contribution >= 4 is 22.4 Å². The van der Waals surface area contributed by atoms with E-state index in [0.29, 0.717) is 62.5 Å². The number of aryl methyl sites for hydroxylation is 1. The predicted molar refractivity (Wildman–Crippen MR) is 156 cm³/mol. The van der Waals surface area contributed by atoms with Crippen LogP contribution >= 0.6 is 0 Å². The second-order valence-corrected chi connectivity index (χ2v) is 10.3. The second kappa shape index (κ2) is 12.2. The SMILES string of the molecule is O=c1c([N+](=O)[O-])c(N2CCN(C(c3ccccc3)c3ccccc3)CC2)c2ncccc2n1CCC1OCCCO1. The number of hydrogen-bond donors (Lipinski definition) is 0. The van der Waals surface area contributed by atoms with Crippen molar-refractivity contribution in [1.82, 2.24) is 14.5 Å². The number of piperazine rings is 1. The molecule has 0 unspecified atom stereocenters. The van der Waals surface area contributed by atoms with Crippen molar-refractivity contribution in [2.75, 3.05) is 44.3 Å². The molecule has 2 saturated heterocycles. The van der Waals surface area contributed by atoms with Gasteiger partial charge in [0.1, 0.15) is 11.2 Å². The van der Waals surface area contributed by atoms with E-state index in [1.54, 1.807) is 18.3 Å². The minimum atomic E-state index is -0.629. The highest BCUT2D eigenvalue weighted by molar-refractivity contribution is 5.93. The van der Waals surface area contributed by atoms with Crippen LogP contribution < -0.4 is 10.5 Å². The molecule has 0 radical (unpaired) electrons. The molecule has 4 aromatic rings. The molecule has 2 aliphatic rings. The quantitative estimate of drug-likeness (QED) is 0.233. The average Bonchev–Trinajstić information content (AvgIpc) is 3.02. The number of rotatable bonds is 8. The highest BCUT2D eigenvalue weighted by atomic mass is 16.7. The third-order valence-corrected chi connectivity index (χ3v) is 7.87. The Morgan fingerprint density at radius 1 is 0.902 bits per heavy atom. The number of benzene rings is 2. The number of ether oxygens (including phenoxy) is 2. The van der Waals surface area contributed by atoms with Gasteiger partial charge in [0.25, 0.3) is 0 Å². The fraction of sp³-hybridized carbons (Fsp3) is 0.355. The Kier molecular flexibility index (Phi) is 8.04. The molecule has 0 atom stereocenters. The molecular weight excluding hydrogens is 522 g/mol. The monoisotopic (exact) mass is 555 g/mol. The fourth-order valence-electron chi connectivity index (χ4n) is 5.96. The fourth-order valence-corrected chi connectivity index (χ4v) is 5.96. The van der Waals surface area contributed by atoms with Crippen molar-refractivity contribution in [3.05, 3.63) is 111 Å². The molecule has 41 heavy (non-hydrogen) atoms. The van der Waals surface area contributed by atoms with Crippen molar-refractivity contribution in [3.8, 4) is 0 Å². The van der Waals surface area contributed by atoms with Gasteiger partial charge in [0.2, 0.25) is 0 Å². The van der Waals surface area contributed by atoms with E-state index in [9.17, 15) is 14.9 Å². The van der Waals surface area contributed by atoms with Gasteiger partial charge in [-0.15, -0.1) is 0 Å². The lowest BCUT2D eigenvalue weighted by Gasteiger charge is -2.40. The molecule has 6 rings (SSSR count).